The Morgan fingerprint density at radius 1 is 1.05 bits per heavy atom. The predicted octanol–water partition coefficient (Wildman–Crippen LogP) is 4.01. The summed E-state index contributed by atoms with van der Waals surface area (Å²) in [5.74, 6) is 0.893. The molecule has 0 fully saturated rings. The van der Waals surface area contributed by atoms with Crippen molar-refractivity contribution in [3.05, 3.63) is 64.7 Å². The minimum atomic E-state index is 0.228. The van der Waals surface area contributed by atoms with Gasteiger partial charge in [-0.3, -0.25) is 0 Å². The summed E-state index contributed by atoms with van der Waals surface area (Å²) >= 11 is 0. The number of benzene rings is 2. The number of methoxy groups -OCH3 is 1. The summed E-state index contributed by atoms with van der Waals surface area (Å²) in [5, 5.41) is 3.57. The van der Waals surface area contributed by atoms with Gasteiger partial charge < -0.3 is 10.1 Å². The van der Waals surface area contributed by atoms with Crippen LogP contribution in [-0.4, -0.2) is 13.7 Å². The van der Waals surface area contributed by atoms with Crippen molar-refractivity contribution in [3.63, 3.8) is 0 Å². The van der Waals surface area contributed by atoms with Gasteiger partial charge in [-0.1, -0.05) is 42.8 Å². The summed E-state index contributed by atoms with van der Waals surface area (Å²) in [5.41, 5.74) is 5.23. The van der Waals surface area contributed by atoms with Crippen LogP contribution in [0.2, 0.25) is 0 Å². The Bertz CT molecular complexity index is 560. The van der Waals surface area contributed by atoms with Crippen LogP contribution in [0.3, 0.4) is 0 Å². The molecule has 2 rings (SSSR count). The van der Waals surface area contributed by atoms with Crippen LogP contribution in [-0.2, 0) is 0 Å². The molecule has 106 valence electrons. The van der Waals surface area contributed by atoms with Gasteiger partial charge in [0.15, 0.2) is 0 Å². The highest BCUT2D eigenvalue weighted by molar-refractivity contribution is 5.40. The number of aryl methyl sites for hydroxylation is 2. The Morgan fingerprint density at radius 2 is 1.75 bits per heavy atom. The maximum Gasteiger partial charge on any atom is 0.118 e. The minimum absolute atomic E-state index is 0.228. The fraction of sp³-hybridized carbons (Fsp3) is 0.333. The normalized spacial score (nSPS) is 12.2. The lowest BCUT2D eigenvalue weighted by molar-refractivity contribution is 0.414. The fourth-order valence-electron chi connectivity index (χ4n) is 2.56. The maximum absolute atomic E-state index is 5.23. The third-order valence-electron chi connectivity index (χ3n) is 3.59. The molecule has 0 aromatic heterocycles. The standard InChI is InChI=1S/C18H23NO/c1-5-19-18(15-7-9-16(20-4)10-8-15)17-11-6-13(2)12-14(17)3/h6-12,18-19H,5H2,1-4H3. The molecule has 20 heavy (non-hydrogen) atoms. The van der Waals surface area contributed by atoms with E-state index in [9.17, 15) is 0 Å². The van der Waals surface area contributed by atoms with Gasteiger partial charge in [0.05, 0.1) is 13.2 Å². The monoisotopic (exact) mass is 269 g/mol. The first-order chi connectivity index (χ1) is 9.65. The number of ether oxygens (including phenoxy) is 1. The molecule has 2 nitrogen and oxygen atoms in total. The van der Waals surface area contributed by atoms with Crippen molar-refractivity contribution in [3.8, 4) is 5.75 Å². The molecular weight excluding hydrogens is 246 g/mol. The van der Waals surface area contributed by atoms with Crippen LogP contribution in [0.1, 0.15) is 35.2 Å². The zero-order valence-electron chi connectivity index (χ0n) is 12.7. The lowest BCUT2D eigenvalue weighted by Crippen LogP contribution is -2.22. The second-order valence-corrected chi connectivity index (χ2v) is 5.12. The summed E-state index contributed by atoms with van der Waals surface area (Å²) in [6, 6.07) is 15.2. The molecule has 0 heterocycles. The van der Waals surface area contributed by atoms with E-state index in [2.05, 4.69) is 56.4 Å². The molecule has 2 aromatic rings. The van der Waals surface area contributed by atoms with Gasteiger partial charge in [-0.15, -0.1) is 0 Å². The zero-order chi connectivity index (χ0) is 14.5. The summed E-state index contributed by atoms with van der Waals surface area (Å²) in [6.07, 6.45) is 0. The second-order valence-electron chi connectivity index (χ2n) is 5.12. The molecule has 0 radical (unpaired) electrons. The molecule has 1 unspecified atom stereocenters. The highest BCUT2D eigenvalue weighted by atomic mass is 16.5. The van der Waals surface area contributed by atoms with Crippen molar-refractivity contribution in [2.45, 2.75) is 26.8 Å². The summed E-state index contributed by atoms with van der Waals surface area (Å²) in [4.78, 5) is 0. The minimum Gasteiger partial charge on any atom is -0.497 e. The van der Waals surface area contributed by atoms with E-state index in [-0.39, 0.29) is 6.04 Å². The molecule has 0 bridgehead atoms. The molecular formula is C18H23NO. The third-order valence-corrected chi connectivity index (χ3v) is 3.59. The zero-order valence-corrected chi connectivity index (χ0v) is 12.7. The molecule has 1 N–H and O–H groups in total. The van der Waals surface area contributed by atoms with Crippen LogP contribution in [0.5, 0.6) is 5.75 Å². The van der Waals surface area contributed by atoms with Crippen LogP contribution < -0.4 is 10.1 Å². The Morgan fingerprint density at radius 3 is 2.30 bits per heavy atom. The Kier molecular flexibility index (Phi) is 4.80. The van der Waals surface area contributed by atoms with Crippen molar-refractivity contribution in [2.75, 3.05) is 13.7 Å². The topological polar surface area (TPSA) is 21.3 Å². The van der Waals surface area contributed by atoms with E-state index in [1.807, 2.05) is 12.1 Å². The first kappa shape index (κ1) is 14.6. The van der Waals surface area contributed by atoms with Crippen LogP contribution in [0, 0.1) is 13.8 Å². The number of rotatable bonds is 5. The first-order valence-electron chi connectivity index (χ1n) is 7.10. The molecule has 0 spiro atoms. The number of hydrogen-bond acceptors (Lipinski definition) is 2. The van der Waals surface area contributed by atoms with E-state index in [1.54, 1.807) is 7.11 Å². The van der Waals surface area contributed by atoms with Crippen molar-refractivity contribution in [2.24, 2.45) is 0 Å². The highest BCUT2D eigenvalue weighted by Gasteiger charge is 2.15. The number of hydrogen-bond donors (Lipinski definition) is 1. The maximum atomic E-state index is 5.23. The van der Waals surface area contributed by atoms with Crippen LogP contribution in [0.25, 0.3) is 0 Å². The van der Waals surface area contributed by atoms with E-state index >= 15 is 0 Å². The quantitative estimate of drug-likeness (QED) is 0.885. The van der Waals surface area contributed by atoms with Gasteiger partial charge in [0, 0.05) is 0 Å². The lowest BCUT2D eigenvalue weighted by atomic mass is 9.94. The lowest BCUT2D eigenvalue weighted by Gasteiger charge is -2.21. The molecule has 0 amide bonds. The van der Waals surface area contributed by atoms with E-state index < -0.39 is 0 Å². The smallest absolute Gasteiger partial charge is 0.118 e. The van der Waals surface area contributed by atoms with Gasteiger partial charge in [-0.05, 0) is 49.2 Å². The van der Waals surface area contributed by atoms with Gasteiger partial charge in [-0.25, -0.2) is 0 Å². The van der Waals surface area contributed by atoms with E-state index in [4.69, 9.17) is 4.74 Å². The molecule has 0 aliphatic rings. The molecule has 0 saturated heterocycles. The van der Waals surface area contributed by atoms with E-state index in [0.717, 1.165) is 12.3 Å². The van der Waals surface area contributed by atoms with Gasteiger partial charge in [0.1, 0.15) is 5.75 Å². The van der Waals surface area contributed by atoms with E-state index in [0.29, 0.717) is 0 Å². The summed E-state index contributed by atoms with van der Waals surface area (Å²) in [7, 11) is 1.70. The van der Waals surface area contributed by atoms with Crippen molar-refractivity contribution in [1.29, 1.82) is 0 Å². The fourth-order valence-corrected chi connectivity index (χ4v) is 2.56. The number of nitrogens with one attached hydrogen (secondary N) is 1. The first-order valence-corrected chi connectivity index (χ1v) is 7.10. The molecule has 0 aliphatic carbocycles. The third kappa shape index (κ3) is 3.20. The van der Waals surface area contributed by atoms with Crippen molar-refractivity contribution in [1.82, 2.24) is 5.32 Å². The largest absolute Gasteiger partial charge is 0.497 e. The Hall–Kier alpha value is -1.80. The van der Waals surface area contributed by atoms with Crippen molar-refractivity contribution >= 4 is 0 Å². The van der Waals surface area contributed by atoms with Crippen LogP contribution >= 0.6 is 0 Å². The molecule has 1 atom stereocenters. The molecule has 2 heteroatoms. The second kappa shape index (κ2) is 6.58. The predicted molar refractivity (Wildman–Crippen MR) is 84.4 cm³/mol. The average molecular weight is 269 g/mol. The van der Waals surface area contributed by atoms with Gasteiger partial charge in [-0.2, -0.15) is 0 Å². The molecule has 0 saturated carbocycles. The summed E-state index contributed by atoms with van der Waals surface area (Å²) in [6.45, 7) is 7.38. The van der Waals surface area contributed by atoms with Gasteiger partial charge in [0.25, 0.3) is 0 Å². The van der Waals surface area contributed by atoms with Gasteiger partial charge >= 0.3 is 0 Å². The highest BCUT2D eigenvalue weighted by Crippen LogP contribution is 2.27. The molecule has 2 aromatic carbocycles. The van der Waals surface area contributed by atoms with E-state index in [1.165, 1.54) is 22.3 Å². The van der Waals surface area contributed by atoms with Crippen LogP contribution in [0.15, 0.2) is 42.5 Å². The Labute approximate surface area is 121 Å². The summed E-state index contributed by atoms with van der Waals surface area (Å²) < 4.78 is 5.23. The Balaban J connectivity index is 2.38. The van der Waals surface area contributed by atoms with Gasteiger partial charge in [0.2, 0.25) is 0 Å². The average Bonchev–Trinajstić information content (AvgIpc) is 2.46. The SMILES string of the molecule is CCNC(c1ccc(OC)cc1)c1ccc(C)cc1C. The van der Waals surface area contributed by atoms with Crippen molar-refractivity contribution < 1.29 is 4.74 Å². The molecule has 0 aliphatic heterocycles. The van der Waals surface area contributed by atoms with Crippen LogP contribution in [0.4, 0.5) is 0 Å².